The van der Waals surface area contributed by atoms with Gasteiger partial charge in [-0.25, -0.2) is 9.50 Å². The van der Waals surface area contributed by atoms with Crippen LogP contribution in [0.5, 0.6) is 0 Å². The minimum absolute atomic E-state index is 0. The van der Waals surface area contributed by atoms with Crippen molar-refractivity contribution in [1.29, 1.82) is 0 Å². The number of aliphatic carboxylic acids is 1. The van der Waals surface area contributed by atoms with Gasteiger partial charge in [-0.3, -0.25) is 9.59 Å². The first-order valence-corrected chi connectivity index (χ1v) is 8.62. The maximum absolute atomic E-state index is 12.6. The van der Waals surface area contributed by atoms with Crippen LogP contribution in [0, 0.1) is 0 Å². The van der Waals surface area contributed by atoms with Crippen molar-refractivity contribution in [1.82, 2.24) is 14.6 Å². The maximum Gasteiger partial charge on any atom is 0.416 e. The monoisotopic (exact) mass is 443 g/mol. The van der Waals surface area contributed by atoms with Gasteiger partial charge in [0, 0.05) is 12.0 Å². The summed E-state index contributed by atoms with van der Waals surface area (Å²) in [5, 5.41) is 22.6. The highest BCUT2D eigenvalue weighted by Gasteiger charge is 2.29. The Morgan fingerprint density at radius 3 is 2.33 bits per heavy atom. The lowest BCUT2D eigenvalue weighted by atomic mass is 10.0. The number of benzene rings is 1. The number of aliphatic hydroxyl groups excluding tert-OH is 1. The second-order valence-electron chi connectivity index (χ2n) is 6.41. The van der Waals surface area contributed by atoms with E-state index in [1.165, 1.54) is 24.5 Å². The molecule has 2 N–H and O–H groups in total. The van der Waals surface area contributed by atoms with E-state index in [1.807, 2.05) is 0 Å². The molecule has 160 valence electrons. The summed E-state index contributed by atoms with van der Waals surface area (Å²) in [6.45, 7) is 0. The third-order valence-electron chi connectivity index (χ3n) is 4.40. The number of halogens is 4. The highest BCUT2D eigenvalue weighted by Crippen LogP contribution is 2.29. The Balaban J connectivity index is 0.00000320. The molecule has 0 amide bonds. The van der Waals surface area contributed by atoms with Crippen molar-refractivity contribution in [3.05, 3.63) is 68.9 Å². The number of hydrogen-bond donors (Lipinski definition) is 2. The highest BCUT2D eigenvalue weighted by atomic mass is 35.5. The van der Waals surface area contributed by atoms with E-state index in [9.17, 15) is 27.9 Å². The molecule has 2 aromatic heterocycles. The average molecular weight is 444 g/mol. The zero-order valence-corrected chi connectivity index (χ0v) is 16.2. The van der Waals surface area contributed by atoms with Gasteiger partial charge >= 0.3 is 12.1 Å². The predicted molar refractivity (Wildman–Crippen MR) is 103 cm³/mol. The van der Waals surface area contributed by atoms with Crippen LogP contribution in [0.4, 0.5) is 13.2 Å². The first kappa shape index (κ1) is 23.1. The van der Waals surface area contributed by atoms with Gasteiger partial charge < -0.3 is 10.2 Å². The van der Waals surface area contributed by atoms with Crippen LogP contribution in [0.1, 0.15) is 29.5 Å². The fourth-order valence-corrected chi connectivity index (χ4v) is 2.95. The van der Waals surface area contributed by atoms with E-state index in [-0.39, 0.29) is 30.6 Å². The lowest BCUT2D eigenvalue weighted by molar-refractivity contribution is -0.138. The van der Waals surface area contributed by atoms with Gasteiger partial charge in [0.25, 0.3) is 0 Å². The lowest BCUT2D eigenvalue weighted by Crippen LogP contribution is -2.35. The zero-order valence-electron chi connectivity index (χ0n) is 15.4. The van der Waals surface area contributed by atoms with Crippen molar-refractivity contribution in [2.45, 2.75) is 31.9 Å². The molecular formula is C19H17ClF3N3O4. The number of aromatic nitrogens is 3. The van der Waals surface area contributed by atoms with Gasteiger partial charge in [-0.05, 0) is 36.6 Å². The summed E-state index contributed by atoms with van der Waals surface area (Å²) in [6, 6.07) is 6.03. The van der Waals surface area contributed by atoms with E-state index in [2.05, 4.69) is 10.1 Å². The Morgan fingerprint density at radius 2 is 1.73 bits per heavy atom. The summed E-state index contributed by atoms with van der Waals surface area (Å²) >= 11 is 0. The standard InChI is InChI=1S/C19H16F3N3O4.ClH/c20-19(21,22)13-5-2-11(3-6-13)1-4-12-9-15(27)17(14(26)7-8-16(28)29)25-18(12)23-10-24-25;/h2-3,5-6,9-10,26H,1,4,7-8H2,(H,28,29);1H. The van der Waals surface area contributed by atoms with Crippen molar-refractivity contribution >= 4 is 29.8 Å². The molecule has 2 heterocycles. The number of aliphatic hydroxyl groups is 1. The molecule has 0 spiro atoms. The number of fused-ring (bicyclic) bond motifs is 1. The molecule has 0 aliphatic carbocycles. The van der Waals surface area contributed by atoms with Crippen molar-refractivity contribution in [2.75, 3.05) is 0 Å². The van der Waals surface area contributed by atoms with Gasteiger partial charge in [0.2, 0.25) is 5.43 Å². The van der Waals surface area contributed by atoms with Crippen molar-refractivity contribution < 1.29 is 28.2 Å². The number of pyridine rings is 1. The van der Waals surface area contributed by atoms with E-state index in [0.717, 1.165) is 16.6 Å². The first-order chi connectivity index (χ1) is 13.7. The molecule has 0 aliphatic rings. The molecule has 3 rings (SSSR count). The van der Waals surface area contributed by atoms with Crippen molar-refractivity contribution in [2.24, 2.45) is 0 Å². The SMILES string of the molecule is Cl.O=C(O)CCC(O)=c1c(=O)cc(CCc2ccc(C(F)(F)F)cc2)c2ncnn12. The second-order valence-corrected chi connectivity index (χ2v) is 6.41. The third-order valence-corrected chi connectivity index (χ3v) is 4.40. The molecule has 0 fully saturated rings. The van der Waals surface area contributed by atoms with E-state index >= 15 is 0 Å². The summed E-state index contributed by atoms with van der Waals surface area (Å²) in [5.41, 5.74) is 0.201. The Hall–Kier alpha value is -3.14. The molecule has 7 nitrogen and oxygen atoms in total. The van der Waals surface area contributed by atoms with Crippen LogP contribution in [0.2, 0.25) is 0 Å². The number of rotatable bonds is 6. The van der Waals surface area contributed by atoms with Crippen LogP contribution < -0.4 is 10.8 Å². The summed E-state index contributed by atoms with van der Waals surface area (Å²) in [5.74, 6) is -1.52. The van der Waals surface area contributed by atoms with Gasteiger partial charge in [0.05, 0.1) is 12.0 Å². The number of carbonyl (C=O) groups is 1. The quantitative estimate of drug-likeness (QED) is 0.606. The average Bonchev–Trinajstić information content (AvgIpc) is 3.13. The van der Waals surface area contributed by atoms with Gasteiger partial charge in [-0.1, -0.05) is 12.1 Å². The number of alkyl halides is 3. The third kappa shape index (κ3) is 5.07. The highest BCUT2D eigenvalue weighted by molar-refractivity contribution is 5.85. The van der Waals surface area contributed by atoms with Crippen molar-refractivity contribution in [3.63, 3.8) is 0 Å². The topological polar surface area (TPSA) is 105 Å². The van der Waals surface area contributed by atoms with Crippen LogP contribution in [0.25, 0.3) is 11.4 Å². The van der Waals surface area contributed by atoms with Crippen LogP contribution >= 0.6 is 12.4 Å². The minimum Gasteiger partial charge on any atom is -0.510 e. The second kappa shape index (κ2) is 9.12. The fraction of sp³-hybridized carbons (Fsp3) is 0.263. The molecule has 0 saturated carbocycles. The summed E-state index contributed by atoms with van der Waals surface area (Å²) in [7, 11) is 0. The zero-order chi connectivity index (χ0) is 21.2. The molecule has 0 saturated heterocycles. The molecule has 11 heteroatoms. The van der Waals surface area contributed by atoms with Crippen LogP contribution in [-0.4, -0.2) is 30.8 Å². The molecule has 30 heavy (non-hydrogen) atoms. The number of aryl methyl sites for hydroxylation is 2. The Kier molecular flexibility index (Phi) is 7.04. The Bertz CT molecular complexity index is 1160. The molecular weight excluding hydrogens is 427 g/mol. The van der Waals surface area contributed by atoms with Gasteiger partial charge in [-0.15, -0.1) is 12.4 Å². The molecule has 1 aromatic carbocycles. The molecule has 0 radical (unpaired) electrons. The molecule has 0 atom stereocenters. The maximum atomic E-state index is 12.6. The largest absolute Gasteiger partial charge is 0.510 e. The number of carboxylic acids is 1. The molecule has 0 bridgehead atoms. The van der Waals surface area contributed by atoms with E-state index in [1.54, 1.807) is 0 Å². The van der Waals surface area contributed by atoms with Gasteiger partial charge in [0.15, 0.2) is 11.0 Å². The van der Waals surface area contributed by atoms with Crippen LogP contribution in [0.15, 0.2) is 41.5 Å². The smallest absolute Gasteiger partial charge is 0.416 e. The molecule has 3 aromatic rings. The van der Waals surface area contributed by atoms with Crippen molar-refractivity contribution in [3.8, 4) is 0 Å². The number of nitrogens with zero attached hydrogens (tertiary/aromatic N) is 3. The lowest BCUT2D eigenvalue weighted by Gasteiger charge is -2.08. The van der Waals surface area contributed by atoms with E-state index in [0.29, 0.717) is 29.6 Å². The van der Waals surface area contributed by atoms with E-state index in [4.69, 9.17) is 5.11 Å². The predicted octanol–water partition coefficient (Wildman–Crippen LogP) is 2.57. The Labute approximate surface area is 173 Å². The normalized spacial score (nSPS) is 12.5. The van der Waals surface area contributed by atoms with Gasteiger partial charge in [-0.2, -0.15) is 18.3 Å². The van der Waals surface area contributed by atoms with Gasteiger partial charge in [0.1, 0.15) is 12.1 Å². The first-order valence-electron chi connectivity index (χ1n) is 8.62. The summed E-state index contributed by atoms with van der Waals surface area (Å²) in [4.78, 5) is 27.2. The Morgan fingerprint density at radius 1 is 1.07 bits per heavy atom. The summed E-state index contributed by atoms with van der Waals surface area (Å²) in [6.07, 6.45) is -3.10. The fourth-order valence-electron chi connectivity index (χ4n) is 2.95. The molecule has 0 unspecified atom stereocenters. The number of carboxylic acid groups (broad SMARTS) is 1. The number of hydrogen-bond acceptors (Lipinski definition) is 5. The summed E-state index contributed by atoms with van der Waals surface area (Å²) < 4.78 is 39.1. The van der Waals surface area contributed by atoms with Crippen LogP contribution in [-0.2, 0) is 23.8 Å². The molecule has 0 aliphatic heterocycles. The van der Waals surface area contributed by atoms with E-state index < -0.39 is 28.9 Å². The van der Waals surface area contributed by atoms with Crippen LogP contribution in [0.3, 0.4) is 0 Å². The minimum atomic E-state index is -4.40.